The molecule has 0 saturated carbocycles. The van der Waals surface area contributed by atoms with E-state index in [2.05, 4.69) is 5.32 Å². The van der Waals surface area contributed by atoms with E-state index in [4.69, 9.17) is 26.5 Å². The molecule has 0 amide bonds. The van der Waals surface area contributed by atoms with E-state index in [1.54, 1.807) is 30.3 Å². The molecule has 18 heavy (non-hydrogen) atoms. The normalized spacial score (nSPS) is 9.50. The maximum atomic E-state index is 8.85. The molecule has 5 heteroatoms. The standard InChI is InChI=1S/C13H8ClN3O/c14-13-4-1-10(5-9(13)6-15)17-8-12-3-2-11(7-16)18-12/h1-5,17H,8H2. The number of hydrogen-bond acceptors (Lipinski definition) is 4. The SMILES string of the molecule is N#Cc1ccc(CNc2ccc(Cl)c(C#N)c2)o1. The Hall–Kier alpha value is -2.43. The molecule has 0 atom stereocenters. The van der Waals surface area contributed by atoms with Crippen LogP contribution in [0.3, 0.4) is 0 Å². The number of nitrogens with zero attached hydrogens (tertiary/aromatic N) is 2. The summed E-state index contributed by atoms with van der Waals surface area (Å²) in [5, 5.41) is 21.0. The van der Waals surface area contributed by atoms with Gasteiger partial charge in [-0.05, 0) is 30.3 Å². The third kappa shape index (κ3) is 2.63. The van der Waals surface area contributed by atoms with Crippen molar-refractivity contribution in [2.45, 2.75) is 6.54 Å². The van der Waals surface area contributed by atoms with Crippen LogP contribution >= 0.6 is 11.6 Å². The van der Waals surface area contributed by atoms with Gasteiger partial charge in [0.2, 0.25) is 5.76 Å². The maximum Gasteiger partial charge on any atom is 0.203 e. The quantitative estimate of drug-likeness (QED) is 0.916. The van der Waals surface area contributed by atoms with Gasteiger partial charge < -0.3 is 9.73 Å². The van der Waals surface area contributed by atoms with Gasteiger partial charge in [-0.15, -0.1) is 0 Å². The number of benzene rings is 1. The molecule has 0 fully saturated rings. The van der Waals surface area contributed by atoms with Gasteiger partial charge in [0.25, 0.3) is 0 Å². The zero-order chi connectivity index (χ0) is 13.0. The van der Waals surface area contributed by atoms with Crippen LogP contribution in [0.5, 0.6) is 0 Å². The lowest BCUT2D eigenvalue weighted by Gasteiger charge is -2.05. The average molecular weight is 258 g/mol. The highest BCUT2D eigenvalue weighted by molar-refractivity contribution is 6.31. The minimum atomic E-state index is 0.278. The lowest BCUT2D eigenvalue weighted by atomic mass is 10.2. The van der Waals surface area contributed by atoms with Gasteiger partial charge in [0.05, 0.1) is 17.1 Å². The zero-order valence-corrected chi connectivity index (χ0v) is 10.0. The van der Waals surface area contributed by atoms with Gasteiger partial charge in [0.15, 0.2) is 0 Å². The van der Waals surface area contributed by atoms with Crippen LogP contribution in [0.25, 0.3) is 0 Å². The van der Waals surface area contributed by atoms with Gasteiger partial charge >= 0.3 is 0 Å². The van der Waals surface area contributed by atoms with E-state index in [-0.39, 0.29) is 5.76 Å². The third-order valence-electron chi connectivity index (χ3n) is 2.33. The van der Waals surface area contributed by atoms with Crippen molar-refractivity contribution < 1.29 is 4.42 Å². The highest BCUT2D eigenvalue weighted by Crippen LogP contribution is 2.20. The molecule has 0 unspecified atom stereocenters. The van der Waals surface area contributed by atoms with E-state index >= 15 is 0 Å². The van der Waals surface area contributed by atoms with Crippen molar-refractivity contribution in [3.05, 3.63) is 52.4 Å². The molecule has 0 aliphatic heterocycles. The molecule has 2 rings (SSSR count). The summed E-state index contributed by atoms with van der Waals surface area (Å²) in [5.41, 5.74) is 1.18. The fourth-order valence-corrected chi connectivity index (χ4v) is 1.60. The molecule has 0 spiro atoms. The number of hydrogen-bond donors (Lipinski definition) is 1. The van der Waals surface area contributed by atoms with Crippen molar-refractivity contribution in [2.75, 3.05) is 5.32 Å². The molecule has 1 N–H and O–H groups in total. The minimum absolute atomic E-state index is 0.278. The van der Waals surface area contributed by atoms with Crippen molar-refractivity contribution in [2.24, 2.45) is 0 Å². The first-order valence-corrected chi connectivity index (χ1v) is 5.53. The second-order valence-electron chi connectivity index (χ2n) is 3.54. The second-order valence-corrected chi connectivity index (χ2v) is 3.94. The van der Waals surface area contributed by atoms with Crippen molar-refractivity contribution in [1.29, 1.82) is 10.5 Å². The first-order valence-electron chi connectivity index (χ1n) is 5.15. The van der Waals surface area contributed by atoms with Crippen molar-refractivity contribution in [1.82, 2.24) is 0 Å². The molecule has 0 aliphatic carbocycles. The summed E-state index contributed by atoms with van der Waals surface area (Å²) in [7, 11) is 0. The topological polar surface area (TPSA) is 72.8 Å². The van der Waals surface area contributed by atoms with Gasteiger partial charge in [0.1, 0.15) is 17.9 Å². The van der Waals surface area contributed by atoms with E-state index in [1.807, 2.05) is 12.1 Å². The lowest BCUT2D eigenvalue weighted by molar-refractivity contribution is 0.506. The number of rotatable bonds is 3. The first-order chi connectivity index (χ1) is 8.72. The number of anilines is 1. The van der Waals surface area contributed by atoms with Crippen LogP contribution in [-0.2, 0) is 6.54 Å². The molecule has 0 radical (unpaired) electrons. The van der Waals surface area contributed by atoms with Crippen LogP contribution in [0, 0.1) is 22.7 Å². The number of halogens is 1. The highest BCUT2D eigenvalue weighted by atomic mass is 35.5. The Bertz CT molecular complexity index is 649. The van der Waals surface area contributed by atoms with Crippen LogP contribution in [0.4, 0.5) is 5.69 Å². The van der Waals surface area contributed by atoms with Crippen molar-refractivity contribution >= 4 is 17.3 Å². The summed E-state index contributed by atoms with van der Waals surface area (Å²) in [6, 6.07) is 12.4. The summed E-state index contributed by atoms with van der Waals surface area (Å²) >= 11 is 5.83. The van der Waals surface area contributed by atoms with E-state index in [0.29, 0.717) is 22.9 Å². The van der Waals surface area contributed by atoms with Gasteiger partial charge in [-0.1, -0.05) is 11.6 Å². The number of nitrogens with one attached hydrogen (secondary N) is 1. The van der Waals surface area contributed by atoms with Crippen LogP contribution in [0.1, 0.15) is 17.1 Å². The van der Waals surface area contributed by atoms with Crippen molar-refractivity contribution in [3.63, 3.8) is 0 Å². The molecular weight excluding hydrogens is 250 g/mol. The molecule has 1 aromatic carbocycles. The van der Waals surface area contributed by atoms with E-state index < -0.39 is 0 Å². The van der Waals surface area contributed by atoms with E-state index in [0.717, 1.165) is 5.69 Å². The Kier molecular flexibility index (Phi) is 3.52. The molecule has 1 heterocycles. The molecule has 0 saturated heterocycles. The van der Waals surface area contributed by atoms with Crippen LogP contribution in [0.15, 0.2) is 34.7 Å². The Labute approximate surface area is 109 Å². The highest BCUT2D eigenvalue weighted by Gasteiger charge is 2.03. The molecule has 0 aliphatic rings. The van der Waals surface area contributed by atoms with Crippen LogP contribution in [0.2, 0.25) is 5.02 Å². The summed E-state index contributed by atoms with van der Waals surface area (Å²) in [5.74, 6) is 0.931. The second kappa shape index (κ2) is 5.27. The van der Waals surface area contributed by atoms with E-state index in [1.165, 1.54) is 0 Å². The zero-order valence-electron chi connectivity index (χ0n) is 9.27. The minimum Gasteiger partial charge on any atom is -0.449 e. The lowest BCUT2D eigenvalue weighted by Crippen LogP contribution is -1.98. The van der Waals surface area contributed by atoms with Crippen molar-refractivity contribution in [3.8, 4) is 12.1 Å². The van der Waals surface area contributed by atoms with Gasteiger partial charge in [-0.2, -0.15) is 10.5 Å². The molecule has 88 valence electrons. The van der Waals surface area contributed by atoms with Crippen LogP contribution in [-0.4, -0.2) is 0 Å². The smallest absolute Gasteiger partial charge is 0.203 e. The maximum absolute atomic E-state index is 8.85. The molecule has 1 aromatic heterocycles. The predicted octanol–water partition coefficient (Wildman–Crippen LogP) is 3.29. The molecule has 0 bridgehead atoms. The number of nitriles is 2. The van der Waals surface area contributed by atoms with Gasteiger partial charge in [0, 0.05) is 5.69 Å². The fraction of sp³-hybridized carbons (Fsp3) is 0.0769. The average Bonchev–Trinajstić information content (AvgIpc) is 2.86. The number of furan rings is 1. The summed E-state index contributed by atoms with van der Waals surface area (Å²) in [6.07, 6.45) is 0. The largest absolute Gasteiger partial charge is 0.449 e. The predicted molar refractivity (Wildman–Crippen MR) is 66.9 cm³/mol. The summed E-state index contributed by atoms with van der Waals surface area (Å²) < 4.78 is 5.22. The molecule has 2 aromatic rings. The summed E-state index contributed by atoms with van der Waals surface area (Å²) in [4.78, 5) is 0. The summed E-state index contributed by atoms with van der Waals surface area (Å²) in [6.45, 7) is 0.439. The Morgan fingerprint density at radius 2 is 2.00 bits per heavy atom. The Morgan fingerprint density at radius 1 is 1.17 bits per heavy atom. The Balaban J connectivity index is 2.07. The van der Waals surface area contributed by atoms with E-state index in [9.17, 15) is 0 Å². The monoisotopic (exact) mass is 257 g/mol. The Morgan fingerprint density at radius 3 is 2.67 bits per heavy atom. The molecule has 4 nitrogen and oxygen atoms in total. The third-order valence-corrected chi connectivity index (χ3v) is 2.65. The van der Waals surface area contributed by atoms with Gasteiger partial charge in [-0.25, -0.2) is 0 Å². The van der Waals surface area contributed by atoms with Crippen LogP contribution < -0.4 is 5.32 Å². The van der Waals surface area contributed by atoms with Gasteiger partial charge in [-0.3, -0.25) is 0 Å². The molecular formula is C13H8ClN3O. The first kappa shape index (κ1) is 12.0. The fourth-order valence-electron chi connectivity index (χ4n) is 1.44.